The third-order valence-electron chi connectivity index (χ3n) is 3.50. The van der Waals surface area contributed by atoms with E-state index in [4.69, 9.17) is 0 Å². The Bertz CT molecular complexity index is 574. The first kappa shape index (κ1) is 14.9. The van der Waals surface area contributed by atoms with Crippen LogP contribution in [-0.2, 0) is 14.8 Å². The van der Waals surface area contributed by atoms with Crippen LogP contribution in [0.3, 0.4) is 0 Å². The monoisotopic (exact) mass is 297 g/mol. The van der Waals surface area contributed by atoms with E-state index in [0.29, 0.717) is 13.0 Å². The molecule has 0 saturated carbocycles. The van der Waals surface area contributed by atoms with Crippen LogP contribution in [0.15, 0.2) is 24.5 Å². The highest BCUT2D eigenvalue weighted by Crippen LogP contribution is 2.21. The highest BCUT2D eigenvalue weighted by atomic mass is 32.2. The first-order valence-electron chi connectivity index (χ1n) is 6.56. The van der Waals surface area contributed by atoms with Crippen molar-refractivity contribution in [3.8, 4) is 0 Å². The lowest BCUT2D eigenvalue weighted by Gasteiger charge is -2.23. The summed E-state index contributed by atoms with van der Waals surface area (Å²) in [5.74, 6) is -0.239. The predicted octanol–water partition coefficient (Wildman–Crippen LogP) is 0.683. The zero-order chi connectivity index (χ0) is 14.8. The third kappa shape index (κ3) is 3.34. The van der Waals surface area contributed by atoms with E-state index in [-0.39, 0.29) is 11.9 Å². The van der Waals surface area contributed by atoms with Crippen molar-refractivity contribution in [3.63, 3.8) is 0 Å². The molecule has 7 heteroatoms. The second-order valence-electron chi connectivity index (χ2n) is 5.04. The summed E-state index contributed by atoms with van der Waals surface area (Å²) in [7, 11) is -3.33. The van der Waals surface area contributed by atoms with E-state index in [9.17, 15) is 13.2 Å². The van der Waals surface area contributed by atoms with Gasteiger partial charge in [0.2, 0.25) is 15.9 Å². The van der Waals surface area contributed by atoms with Crippen LogP contribution in [0, 0.1) is 0 Å². The number of rotatable bonds is 4. The largest absolute Gasteiger partial charge is 0.348 e. The molecular weight excluding hydrogens is 278 g/mol. The number of pyridine rings is 1. The number of hydrogen-bond donors (Lipinski definition) is 1. The molecule has 1 N–H and O–H groups in total. The minimum absolute atomic E-state index is 0.174. The van der Waals surface area contributed by atoms with Crippen LogP contribution < -0.4 is 5.32 Å². The summed E-state index contributed by atoms with van der Waals surface area (Å²) in [6.07, 6.45) is 5.76. The fourth-order valence-corrected chi connectivity index (χ4v) is 3.57. The number of nitrogens with zero attached hydrogens (tertiary/aromatic N) is 2. The van der Waals surface area contributed by atoms with Gasteiger partial charge in [-0.05, 0) is 37.5 Å². The SMILES string of the molecule is CC(NC(=O)C1CCCN1S(C)(=O)=O)c1ccncc1. The summed E-state index contributed by atoms with van der Waals surface area (Å²) in [5, 5.41) is 2.87. The van der Waals surface area contributed by atoms with Crippen LogP contribution in [0.5, 0.6) is 0 Å². The maximum absolute atomic E-state index is 12.3. The van der Waals surface area contributed by atoms with Gasteiger partial charge in [0.25, 0.3) is 0 Å². The second kappa shape index (κ2) is 5.88. The number of hydrogen-bond acceptors (Lipinski definition) is 4. The van der Waals surface area contributed by atoms with E-state index in [1.807, 2.05) is 19.1 Å². The average Bonchev–Trinajstić information content (AvgIpc) is 2.89. The Kier molecular flexibility index (Phi) is 4.39. The van der Waals surface area contributed by atoms with Crippen LogP contribution >= 0.6 is 0 Å². The van der Waals surface area contributed by atoms with Gasteiger partial charge in [0.15, 0.2) is 0 Å². The molecule has 0 aromatic carbocycles. The minimum Gasteiger partial charge on any atom is -0.348 e. The summed E-state index contributed by atoms with van der Waals surface area (Å²) < 4.78 is 24.6. The molecule has 1 amide bonds. The molecule has 0 aliphatic carbocycles. The highest BCUT2D eigenvalue weighted by molar-refractivity contribution is 7.88. The van der Waals surface area contributed by atoms with E-state index < -0.39 is 16.1 Å². The maximum atomic E-state index is 12.3. The molecule has 1 fully saturated rings. The minimum atomic E-state index is -3.33. The first-order chi connectivity index (χ1) is 9.39. The van der Waals surface area contributed by atoms with Crippen molar-refractivity contribution in [3.05, 3.63) is 30.1 Å². The molecule has 1 aliphatic rings. The van der Waals surface area contributed by atoms with Gasteiger partial charge in [-0.15, -0.1) is 0 Å². The summed E-state index contributed by atoms with van der Waals surface area (Å²) >= 11 is 0. The fourth-order valence-electron chi connectivity index (χ4n) is 2.44. The van der Waals surface area contributed by atoms with Gasteiger partial charge >= 0.3 is 0 Å². The number of carbonyl (C=O) groups is 1. The first-order valence-corrected chi connectivity index (χ1v) is 8.41. The molecule has 6 nitrogen and oxygen atoms in total. The molecule has 2 rings (SSSR count). The van der Waals surface area contributed by atoms with Crippen LogP contribution in [0.4, 0.5) is 0 Å². The molecular formula is C13H19N3O3S. The topological polar surface area (TPSA) is 79.4 Å². The van der Waals surface area contributed by atoms with Gasteiger partial charge in [-0.2, -0.15) is 4.31 Å². The third-order valence-corrected chi connectivity index (χ3v) is 4.79. The number of sulfonamides is 1. The Morgan fingerprint density at radius 1 is 1.45 bits per heavy atom. The summed E-state index contributed by atoms with van der Waals surface area (Å²) in [6.45, 7) is 2.29. The zero-order valence-electron chi connectivity index (χ0n) is 11.6. The number of amides is 1. The van der Waals surface area contributed by atoms with E-state index in [1.165, 1.54) is 4.31 Å². The van der Waals surface area contributed by atoms with Crippen LogP contribution in [0.2, 0.25) is 0 Å². The average molecular weight is 297 g/mol. The van der Waals surface area contributed by atoms with Crippen molar-refractivity contribution in [2.45, 2.75) is 31.8 Å². The molecule has 1 aromatic heterocycles. The van der Waals surface area contributed by atoms with Crippen LogP contribution in [0.1, 0.15) is 31.4 Å². The number of aromatic nitrogens is 1. The molecule has 0 radical (unpaired) electrons. The summed E-state index contributed by atoms with van der Waals surface area (Å²) in [6, 6.07) is 2.89. The lowest BCUT2D eigenvalue weighted by Crippen LogP contribution is -2.46. The van der Waals surface area contributed by atoms with Crippen molar-refractivity contribution in [2.75, 3.05) is 12.8 Å². The van der Waals surface area contributed by atoms with Crippen molar-refractivity contribution in [2.24, 2.45) is 0 Å². The Morgan fingerprint density at radius 3 is 2.70 bits per heavy atom. The lowest BCUT2D eigenvalue weighted by atomic mass is 10.1. The van der Waals surface area contributed by atoms with E-state index in [1.54, 1.807) is 12.4 Å². The van der Waals surface area contributed by atoms with Crippen molar-refractivity contribution >= 4 is 15.9 Å². The number of carbonyl (C=O) groups excluding carboxylic acids is 1. The molecule has 110 valence electrons. The lowest BCUT2D eigenvalue weighted by molar-refractivity contribution is -0.124. The smallest absolute Gasteiger partial charge is 0.238 e. The highest BCUT2D eigenvalue weighted by Gasteiger charge is 2.36. The molecule has 0 spiro atoms. The molecule has 1 saturated heterocycles. The molecule has 2 atom stereocenters. The predicted molar refractivity (Wildman–Crippen MR) is 75.4 cm³/mol. The molecule has 0 bridgehead atoms. The van der Waals surface area contributed by atoms with Gasteiger partial charge in [0.1, 0.15) is 6.04 Å². The van der Waals surface area contributed by atoms with Crippen molar-refractivity contribution in [1.82, 2.24) is 14.6 Å². The van der Waals surface area contributed by atoms with Crippen LogP contribution in [0.25, 0.3) is 0 Å². The standard InChI is InChI=1S/C13H19N3O3S/c1-10(11-5-7-14-8-6-11)15-13(17)12-4-3-9-16(12)20(2,18)19/h5-8,10,12H,3-4,9H2,1-2H3,(H,15,17). The van der Waals surface area contributed by atoms with E-state index in [2.05, 4.69) is 10.3 Å². The van der Waals surface area contributed by atoms with Gasteiger partial charge in [0.05, 0.1) is 12.3 Å². The molecule has 1 aliphatic heterocycles. The van der Waals surface area contributed by atoms with Crippen molar-refractivity contribution < 1.29 is 13.2 Å². The van der Waals surface area contributed by atoms with Gasteiger partial charge in [0, 0.05) is 18.9 Å². The zero-order valence-corrected chi connectivity index (χ0v) is 12.4. The molecule has 2 heterocycles. The van der Waals surface area contributed by atoms with Crippen molar-refractivity contribution in [1.29, 1.82) is 0 Å². The summed E-state index contributed by atoms with van der Waals surface area (Å²) in [4.78, 5) is 16.2. The van der Waals surface area contributed by atoms with Gasteiger partial charge < -0.3 is 5.32 Å². The normalized spacial score (nSPS) is 21.6. The molecule has 1 aromatic rings. The van der Waals surface area contributed by atoms with Gasteiger partial charge in [-0.1, -0.05) is 0 Å². The Hall–Kier alpha value is -1.47. The van der Waals surface area contributed by atoms with E-state index in [0.717, 1.165) is 18.2 Å². The number of nitrogens with one attached hydrogen (secondary N) is 1. The quantitative estimate of drug-likeness (QED) is 0.886. The Balaban J connectivity index is 2.05. The Labute approximate surface area is 119 Å². The second-order valence-corrected chi connectivity index (χ2v) is 6.98. The fraction of sp³-hybridized carbons (Fsp3) is 0.538. The van der Waals surface area contributed by atoms with Gasteiger partial charge in [-0.3, -0.25) is 9.78 Å². The van der Waals surface area contributed by atoms with E-state index >= 15 is 0 Å². The van der Waals surface area contributed by atoms with Gasteiger partial charge in [-0.25, -0.2) is 8.42 Å². The molecule has 2 unspecified atom stereocenters. The van der Waals surface area contributed by atoms with Crippen LogP contribution in [-0.4, -0.2) is 42.5 Å². The Morgan fingerprint density at radius 2 is 2.10 bits per heavy atom. The maximum Gasteiger partial charge on any atom is 0.238 e. The molecule has 20 heavy (non-hydrogen) atoms. The summed E-state index contributed by atoms with van der Waals surface area (Å²) in [5.41, 5.74) is 0.942.